The molecule has 0 bridgehead atoms. The molecule has 2 rings (SSSR count). The smallest absolute Gasteiger partial charge is 0.424 e. The lowest BCUT2D eigenvalue weighted by Crippen LogP contribution is -2.38. The van der Waals surface area contributed by atoms with E-state index in [1.54, 1.807) is 0 Å². The van der Waals surface area contributed by atoms with Crippen LogP contribution in [0.15, 0.2) is 36.5 Å². The summed E-state index contributed by atoms with van der Waals surface area (Å²) in [5, 5.41) is 3.39. The molecule has 1 amide bonds. The number of hydrogen-bond acceptors (Lipinski definition) is 5. The van der Waals surface area contributed by atoms with Gasteiger partial charge in [-0.2, -0.15) is 0 Å². The van der Waals surface area contributed by atoms with E-state index in [1.807, 2.05) is 24.4 Å². The van der Waals surface area contributed by atoms with E-state index in [4.69, 9.17) is 5.84 Å². The maximum Gasteiger partial charge on any atom is 0.424 e. The van der Waals surface area contributed by atoms with Crippen LogP contribution in [0, 0.1) is 0 Å². The molecule has 23 heavy (non-hydrogen) atoms. The number of aryl methyl sites for hydroxylation is 1. The normalized spacial score (nSPS) is 10.5. The van der Waals surface area contributed by atoms with Crippen molar-refractivity contribution >= 4 is 23.2 Å². The summed E-state index contributed by atoms with van der Waals surface area (Å²) in [6, 6.07) is 10.2. The average molecular weight is 315 g/mol. The highest BCUT2D eigenvalue weighted by Crippen LogP contribution is 2.18. The number of benzene rings is 1. The molecule has 6 nitrogen and oxygen atoms in total. The van der Waals surface area contributed by atoms with Gasteiger partial charge in [-0.3, -0.25) is 9.78 Å². The van der Waals surface area contributed by atoms with Crippen LogP contribution < -0.4 is 5.84 Å². The number of ether oxygens (including phenoxy) is 1. The van der Waals surface area contributed by atoms with Crippen molar-refractivity contribution in [3.05, 3.63) is 42.2 Å². The van der Waals surface area contributed by atoms with E-state index in [2.05, 4.69) is 21.9 Å². The van der Waals surface area contributed by atoms with Gasteiger partial charge in [0.15, 0.2) is 6.29 Å². The van der Waals surface area contributed by atoms with Crippen LogP contribution in [0.5, 0.6) is 0 Å². The Bertz CT molecular complexity index is 655. The van der Waals surface area contributed by atoms with Crippen molar-refractivity contribution in [1.82, 2.24) is 9.99 Å². The highest BCUT2D eigenvalue weighted by Gasteiger charge is 2.09. The third kappa shape index (κ3) is 5.03. The predicted molar refractivity (Wildman–Crippen MR) is 87.6 cm³/mol. The van der Waals surface area contributed by atoms with Gasteiger partial charge in [0.05, 0.1) is 0 Å². The number of carbonyl (C=O) groups is 2. The molecule has 0 spiro atoms. The topological polar surface area (TPSA) is 85.5 Å². The summed E-state index contributed by atoms with van der Waals surface area (Å²) in [7, 11) is 0. The van der Waals surface area contributed by atoms with E-state index in [9.17, 15) is 9.59 Å². The number of aromatic nitrogens is 1. The molecule has 122 valence electrons. The molecule has 1 aromatic heterocycles. The average Bonchev–Trinajstić information content (AvgIpc) is 2.59. The number of nitrogens with two attached hydrogens (primary N) is 1. The molecule has 0 radical (unpaired) electrons. The minimum atomic E-state index is -0.673. The van der Waals surface area contributed by atoms with Crippen LogP contribution in [0.1, 0.15) is 25.0 Å². The SMILES string of the molecule is NN(CCCCCc1nccc2ccccc12)C(=O)OCC=O. The second-order valence-corrected chi connectivity index (χ2v) is 5.23. The van der Waals surface area contributed by atoms with Gasteiger partial charge in [-0.1, -0.05) is 30.7 Å². The molecule has 0 fully saturated rings. The summed E-state index contributed by atoms with van der Waals surface area (Å²) in [4.78, 5) is 25.9. The first-order valence-corrected chi connectivity index (χ1v) is 7.67. The number of amides is 1. The number of hydrazine groups is 1. The minimum absolute atomic E-state index is 0.265. The Kier molecular flexibility index (Phi) is 6.50. The van der Waals surface area contributed by atoms with Crippen LogP contribution in [-0.2, 0) is 16.0 Å². The van der Waals surface area contributed by atoms with Gasteiger partial charge in [0, 0.05) is 23.8 Å². The molecule has 0 saturated heterocycles. The van der Waals surface area contributed by atoms with Crippen LogP contribution in [0.4, 0.5) is 4.79 Å². The summed E-state index contributed by atoms with van der Waals surface area (Å²) in [6.07, 6.45) is 5.25. The number of pyridine rings is 1. The van der Waals surface area contributed by atoms with Gasteiger partial charge in [0.1, 0.15) is 6.61 Å². The lowest BCUT2D eigenvalue weighted by atomic mass is 10.1. The molecule has 0 atom stereocenters. The second kappa shape index (κ2) is 8.85. The van der Waals surface area contributed by atoms with Gasteiger partial charge < -0.3 is 4.74 Å². The fraction of sp³-hybridized carbons (Fsp3) is 0.353. The molecule has 0 aliphatic heterocycles. The first kappa shape index (κ1) is 16.9. The van der Waals surface area contributed by atoms with E-state index in [1.165, 1.54) is 10.8 Å². The molecule has 0 aliphatic rings. The lowest BCUT2D eigenvalue weighted by molar-refractivity contribution is -0.110. The Labute approximate surface area is 135 Å². The number of unbranched alkanes of at least 4 members (excludes halogenated alkanes) is 2. The first-order chi connectivity index (χ1) is 11.2. The van der Waals surface area contributed by atoms with Gasteiger partial charge in [-0.25, -0.2) is 15.6 Å². The van der Waals surface area contributed by atoms with Crippen LogP contribution in [0.3, 0.4) is 0 Å². The van der Waals surface area contributed by atoms with Crippen molar-refractivity contribution in [2.75, 3.05) is 13.2 Å². The number of fused-ring (bicyclic) bond motifs is 1. The highest BCUT2D eigenvalue weighted by molar-refractivity contribution is 5.84. The molecule has 1 heterocycles. The van der Waals surface area contributed by atoms with Gasteiger partial charge in [-0.05, 0) is 30.7 Å². The van der Waals surface area contributed by atoms with E-state index in [0.717, 1.165) is 36.4 Å². The number of hydrogen-bond donors (Lipinski definition) is 1. The molecule has 6 heteroatoms. The Balaban J connectivity index is 1.73. The largest absolute Gasteiger partial charge is 0.441 e. The molecule has 0 unspecified atom stereocenters. The highest BCUT2D eigenvalue weighted by atomic mass is 16.6. The Morgan fingerprint density at radius 1 is 1.22 bits per heavy atom. The number of aldehydes is 1. The maximum atomic E-state index is 11.3. The second-order valence-electron chi connectivity index (χ2n) is 5.23. The number of carbonyl (C=O) groups excluding carboxylic acids is 2. The zero-order chi connectivity index (χ0) is 16.5. The van der Waals surface area contributed by atoms with E-state index < -0.39 is 6.09 Å². The Morgan fingerprint density at radius 2 is 2.04 bits per heavy atom. The summed E-state index contributed by atoms with van der Waals surface area (Å²) in [5.41, 5.74) is 1.10. The van der Waals surface area contributed by atoms with Crippen LogP contribution in [0.25, 0.3) is 10.8 Å². The molecule has 1 aromatic carbocycles. The third-order valence-corrected chi connectivity index (χ3v) is 3.58. The molecular formula is C17H21N3O3. The molecule has 0 saturated carbocycles. The predicted octanol–water partition coefficient (Wildman–Crippen LogP) is 2.46. The van der Waals surface area contributed by atoms with Gasteiger partial charge >= 0.3 is 6.09 Å². The monoisotopic (exact) mass is 315 g/mol. The number of rotatable bonds is 8. The van der Waals surface area contributed by atoms with Gasteiger partial charge in [0.25, 0.3) is 0 Å². The van der Waals surface area contributed by atoms with Crippen LogP contribution in [0.2, 0.25) is 0 Å². The summed E-state index contributed by atoms with van der Waals surface area (Å²) < 4.78 is 4.61. The van der Waals surface area contributed by atoms with Crippen molar-refractivity contribution in [1.29, 1.82) is 0 Å². The van der Waals surface area contributed by atoms with Crippen LogP contribution >= 0.6 is 0 Å². The fourth-order valence-electron chi connectivity index (χ4n) is 2.41. The Morgan fingerprint density at radius 3 is 2.87 bits per heavy atom. The number of nitrogens with zero attached hydrogens (tertiary/aromatic N) is 2. The van der Waals surface area contributed by atoms with Crippen molar-refractivity contribution in [3.63, 3.8) is 0 Å². The summed E-state index contributed by atoms with van der Waals surface area (Å²) in [5.74, 6) is 5.56. The summed E-state index contributed by atoms with van der Waals surface area (Å²) in [6.45, 7) is 0.139. The fourth-order valence-corrected chi connectivity index (χ4v) is 2.41. The molecule has 2 aromatic rings. The Hall–Kier alpha value is -2.47. The zero-order valence-corrected chi connectivity index (χ0v) is 13.0. The maximum absolute atomic E-state index is 11.3. The summed E-state index contributed by atoms with van der Waals surface area (Å²) >= 11 is 0. The van der Waals surface area contributed by atoms with Crippen molar-refractivity contribution in [3.8, 4) is 0 Å². The minimum Gasteiger partial charge on any atom is -0.441 e. The molecular weight excluding hydrogens is 294 g/mol. The van der Waals surface area contributed by atoms with E-state index >= 15 is 0 Å². The zero-order valence-electron chi connectivity index (χ0n) is 13.0. The van der Waals surface area contributed by atoms with Crippen molar-refractivity contribution in [2.45, 2.75) is 25.7 Å². The standard InChI is InChI=1S/C17H21N3O3/c18-20(17(22)23-13-12-21)11-5-1-2-8-16-15-7-4-3-6-14(15)9-10-19-16/h3-4,6-7,9-10,12H,1-2,5,8,11,13,18H2. The van der Waals surface area contributed by atoms with Crippen LogP contribution in [-0.4, -0.2) is 35.5 Å². The molecule has 0 aliphatic carbocycles. The third-order valence-electron chi connectivity index (χ3n) is 3.58. The van der Waals surface area contributed by atoms with Crippen molar-refractivity contribution < 1.29 is 14.3 Å². The van der Waals surface area contributed by atoms with E-state index in [-0.39, 0.29) is 6.61 Å². The van der Waals surface area contributed by atoms with Crippen molar-refractivity contribution in [2.24, 2.45) is 5.84 Å². The molecule has 2 N–H and O–H groups in total. The lowest BCUT2D eigenvalue weighted by Gasteiger charge is -2.15. The van der Waals surface area contributed by atoms with Gasteiger partial charge in [-0.15, -0.1) is 0 Å². The van der Waals surface area contributed by atoms with E-state index in [0.29, 0.717) is 12.8 Å². The quantitative estimate of drug-likeness (QED) is 0.266. The van der Waals surface area contributed by atoms with Gasteiger partial charge in [0.2, 0.25) is 0 Å². The first-order valence-electron chi connectivity index (χ1n) is 7.67.